The minimum absolute atomic E-state index is 0.0998. The number of nitrogens with zero attached hydrogens (tertiary/aromatic N) is 3. The number of likely N-dealkylation sites (tertiary alicyclic amines) is 1. The van der Waals surface area contributed by atoms with E-state index < -0.39 is 5.60 Å². The van der Waals surface area contributed by atoms with E-state index in [1.165, 1.54) is 6.08 Å². The van der Waals surface area contributed by atoms with Crippen LogP contribution in [0.4, 0.5) is 0 Å². The van der Waals surface area contributed by atoms with E-state index in [9.17, 15) is 14.7 Å². The number of hydrogen-bond donors (Lipinski definition) is 2. The second kappa shape index (κ2) is 8.05. The largest absolute Gasteiger partial charge is 0.388 e. The van der Waals surface area contributed by atoms with Crippen molar-refractivity contribution in [2.45, 2.75) is 44.6 Å². The Bertz CT molecular complexity index is 601. The number of aromatic nitrogens is 2. The first-order chi connectivity index (χ1) is 11.5. The van der Waals surface area contributed by atoms with Crippen molar-refractivity contribution in [3.05, 3.63) is 24.4 Å². The molecule has 1 atom stereocenters. The molecule has 0 aromatic carbocycles. The van der Waals surface area contributed by atoms with Gasteiger partial charge in [-0.25, -0.2) is 0 Å². The van der Waals surface area contributed by atoms with Gasteiger partial charge in [0, 0.05) is 32.5 Å². The van der Waals surface area contributed by atoms with Crippen LogP contribution in [0.15, 0.2) is 17.2 Å². The maximum absolute atomic E-state index is 12.2. The Hall–Kier alpha value is -2.22. The lowest BCUT2D eigenvalue weighted by Gasteiger charge is -2.38. The SMILES string of the molecule is C=CC(=O)NCCC(=O)N1CCCC(O)(Cc2nc(CC)no2)C1. The number of aliphatic hydroxyl groups is 1. The van der Waals surface area contributed by atoms with Gasteiger partial charge in [-0.05, 0) is 18.9 Å². The summed E-state index contributed by atoms with van der Waals surface area (Å²) < 4.78 is 5.14. The molecule has 0 radical (unpaired) electrons. The van der Waals surface area contributed by atoms with Gasteiger partial charge >= 0.3 is 0 Å². The number of amides is 2. The van der Waals surface area contributed by atoms with Gasteiger partial charge in [-0.3, -0.25) is 9.59 Å². The van der Waals surface area contributed by atoms with Crippen LogP contribution < -0.4 is 5.32 Å². The summed E-state index contributed by atoms with van der Waals surface area (Å²) in [6, 6.07) is 0. The molecule has 0 spiro atoms. The van der Waals surface area contributed by atoms with Crippen LogP contribution in [-0.4, -0.2) is 57.2 Å². The zero-order valence-electron chi connectivity index (χ0n) is 14.0. The van der Waals surface area contributed by atoms with Crippen LogP contribution in [0.2, 0.25) is 0 Å². The maximum Gasteiger partial charge on any atom is 0.243 e. The van der Waals surface area contributed by atoms with Crippen LogP contribution in [-0.2, 0) is 22.4 Å². The number of rotatable bonds is 7. The van der Waals surface area contributed by atoms with Crippen molar-refractivity contribution in [3.8, 4) is 0 Å². The molecule has 0 saturated carbocycles. The van der Waals surface area contributed by atoms with Gasteiger partial charge in [0.15, 0.2) is 5.82 Å². The summed E-state index contributed by atoms with van der Waals surface area (Å²) in [7, 11) is 0. The minimum Gasteiger partial charge on any atom is -0.388 e. The molecule has 2 amide bonds. The number of carbonyl (C=O) groups is 2. The first kappa shape index (κ1) is 18.1. The fourth-order valence-electron chi connectivity index (χ4n) is 2.78. The van der Waals surface area contributed by atoms with Gasteiger partial charge in [0.2, 0.25) is 17.7 Å². The van der Waals surface area contributed by atoms with E-state index in [-0.39, 0.29) is 37.7 Å². The lowest BCUT2D eigenvalue weighted by atomic mass is 9.89. The van der Waals surface area contributed by atoms with Crippen molar-refractivity contribution >= 4 is 11.8 Å². The Morgan fingerprint density at radius 3 is 3.00 bits per heavy atom. The average molecular weight is 336 g/mol. The zero-order valence-corrected chi connectivity index (χ0v) is 14.0. The molecule has 2 rings (SSSR count). The van der Waals surface area contributed by atoms with Crippen LogP contribution in [0.5, 0.6) is 0 Å². The Kier molecular flexibility index (Phi) is 6.08. The van der Waals surface area contributed by atoms with Gasteiger partial charge in [0.25, 0.3) is 0 Å². The van der Waals surface area contributed by atoms with Crippen LogP contribution in [0.3, 0.4) is 0 Å². The van der Waals surface area contributed by atoms with Crippen LogP contribution >= 0.6 is 0 Å². The number of aryl methyl sites for hydroxylation is 1. The maximum atomic E-state index is 12.2. The monoisotopic (exact) mass is 336 g/mol. The third kappa shape index (κ3) is 4.89. The Morgan fingerprint density at radius 2 is 2.33 bits per heavy atom. The lowest BCUT2D eigenvalue weighted by molar-refractivity contribution is -0.138. The second-order valence-corrected chi connectivity index (χ2v) is 6.02. The fraction of sp³-hybridized carbons (Fsp3) is 0.625. The smallest absolute Gasteiger partial charge is 0.243 e. The second-order valence-electron chi connectivity index (χ2n) is 6.02. The molecule has 1 aliphatic rings. The van der Waals surface area contributed by atoms with Crippen LogP contribution in [0, 0.1) is 0 Å². The lowest BCUT2D eigenvalue weighted by Crippen LogP contribution is -2.51. The predicted octanol–water partition coefficient (Wildman–Crippen LogP) is 0.220. The Morgan fingerprint density at radius 1 is 1.54 bits per heavy atom. The summed E-state index contributed by atoms with van der Waals surface area (Å²) >= 11 is 0. The van der Waals surface area contributed by atoms with Crippen molar-refractivity contribution in [1.82, 2.24) is 20.4 Å². The predicted molar refractivity (Wildman–Crippen MR) is 86.0 cm³/mol. The molecule has 1 aromatic heterocycles. The first-order valence-corrected chi connectivity index (χ1v) is 8.17. The molecule has 24 heavy (non-hydrogen) atoms. The molecule has 2 N–H and O–H groups in total. The molecule has 1 aromatic rings. The summed E-state index contributed by atoms with van der Waals surface area (Å²) in [5.41, 5.74) is -1.06. The molecular formula is C16H24N4O4. The molecule has 1 unspecified atom stereocenters. The summed E-state index contributed by atoms with van der Waals surface area (Å²) in [4.78, 5) is 29.2. The number of nitrogens with one attached hydrogen (secondary N) is 1. The quantitative estimate of drug-likeness (QED) is 0.690. The van der Waals surface area contributed by atoms with E-state index in [2.05, 4.69) is 22.0 Å². The third-order valence-corrected chi connectivity index (χ3v) is 4.04. The highest BCUT2D eigenvalue weighted by molar-refractivity contribution is 5.87. The highest BCUT2D eigenvalue weighted by atomic mass is 16.5. The highest BCUT2D eigenvalue weighted by Gasteiger charge is 2.36. The highest BCUT2D eigenvalue weighted by Crippen LogP contribution is 2.25. The molecule has 0 aliphatic carbocycles. The average Bonchev–Trinajstić information content (AvgIpc) is 3.01. The molecule has 1 saturated heterocycles. The van der Waals surface area contributed by atoms with Crippen molar-refractivity contribution < 1.29 is 19.2 Å². The van der Waals surface area contributed by atoms with Gasteiger partial charge in [-0.15, -0.1) is 0 Å². The van der Waals surface area contributed by atoms with Gasteiger partial charge in [-0.2, -0.15) is 4.98 Å². The number of hydrogen-bond acceptors (Lipinski definition) is 6. The van der Waals surface area contributed by atoms with E-state index in [4.69, 9.17) is 4.52 Å². The van der Waals surface area contributed by atoms with E-state index in [1.807, 2.05) is 6.92 Å². The molecule has 1 aliphatic heterocycles. The van der Waals surface area contributed by atoms with Crippen molar-refractivity contribution in [2.75, 3.05) is 19.6 Å². The Balaban J connectivity index is 1.88. The van der Waals surface area contributed by atoms with Crippen LogP contribution in [0.1, 0.15) is 37.9 Å². The summed E-state index contributed by atoms with van der Waals surface area (Å²) in [5, 5.41) is 17.2. The number of carbonyl (C=O) groups excluding carboxylic acids is 2. The van der Waals surface area contributed by atoms with E-state index >= 15 is 0 Å². The molecule has 0 bridgehead atoms. The zero-order chi connectivity index (χ0) is 17.6. The normalized spacial score (nSPS) is 20.7. The van der Waals surface area contributed by atoms with Gasteiger partial charge in [0.1, 0.15) is 0 Å². The standard InChI is InChI=1S/C16H24N4O4/c1-3-12-18-14(24-19-12)10-16(23)7-5-9-20(11-16)15(22)6-8-17-13(21)4-2/h4,23H,2-3,5-11H2,1H3,(H,17,21). The molecule has 8 nitrogen and oxygen atoms in total. The minimum atomic E-state index is -1.06. The molecule has 2 heterocycles. The number of piperidine rings is 1. The summed E-state index contributed by atoms with van der Waals surface area (Å²) in [6.45, 7) is 6.36. The first-order valence-electron chi connectivity index (χ1n) is 8.17. The third-order valence-electron chi connectivity index (χ3n) is 4.04. The van der Waals surface area contributed by atoms with Crippen LogP contribution in [0.25, 0.3) is 0 Å². The van der Waals surface area contributed by atoms with Crippen molar-refractivity contribution in [2.24, 2.45) is 0 Å². The fourth-order valence-corrected chi connectivity index (χ4v) is 2.78. The Labute approximate surface area is 140 Å². The van der Waals surface area contributed by atoms with Gasteiger partial charge in [-0.1, -0.05) is 18.7 Å². The molecule has 132 valence electrons. The van der Waals surface area contributed by atoms with E-state index in [0.29, 0.717) is 37.5 Å². The van der Waals surface area contributed by atoms with Gasteiger partial charge < -0.3 is 19.8 Å². The topological polar surface area (TPSA) is 109 Å². The molecule has 8 heteroatoms. The number of β-amino-alcohol motifs (C(OH)–C–C–N with tert-alkyl or cyclic N) is 1. The molecule has 1 fully saturated rings. The van der Waals surface area contributed by atoms with Gasteiger partial charge in [0.05, 0.1) is 12.0 Å². The summed E-state index contributed by atoms with van der Waals surface area (Å²) in [5.74, 6) is 0.593. The summed E-state index contributed by atoms with van der Waals surface area (Å²) in [6.07, 6.45) is 3.54. The van der Waals surface area contributed by atoms with Crippen molar-refractivity contribution in [1.29, 1.82) is 0 Å². The molecular weight excluding hydrogens is 312 g/mol. The van der Waals surface area contributed by atoms with Crippen molar-refractivity contribution in [3.63, 3.8) is 0 Å². The van der Waals surface area contributed by atoms with E-state index in [0.717, 1.165) is 0 Å². The van der Waals surface area contributed by atoms with E-state index in [1.54, 1.807) is 4.90 Å².